The zero-order chi connectivity index (χ0) is 22.5. The van der Waals surface area contributed by atoms with Crippen molar-refractivity contribution in [3.63, 3.8) is 0 Å². The van der Waals surface area contributed by atoms with Crippen molar-refractivity contribution in [3.05, 3.63) is 45.6 Å². The lowest BCUT2D eigenvalue weighted by molar-refractivity contribution is -0.283. The molecule has 3 rings (SSSR count). The van der Waals surface area contributed by atoms with Crippen LogP contribution >= 0.6 is 11.3 Å². The molecule has 5 atom stereocenters. The molecular formula is C23H32O7S. The van der Waals surface area contributed by atoms with Crippen molar-refractivity contribution >= 4 is 11.3 Å². The van der Waals surface area contributed by atoms with E-state index < -0.39 is 30.7 Å². The molecule has 7 nitrogen and oxygen atoms in total. The van der Waals surface area contributed by atoms with Gasteiger partial charge in [0.2, 0.25) is 6.29 Å². The third-order valence-electron chi connectivity index (χ3n) is 5.37. The van der Waals surface area contributed by atoms with Gasteiger partial charge in [0.1, 0.15) is 35.9 Å². The fourth-order valence-corrected chi connectivity index (χ4v) is 4.72. The van der Waals surface area contributed by atoms with Crippen LogP contribution in [0.3, 0.4) is 0 Å². The fourth-order valence-electron chi connectivity index (χ4n) is 3.59. The van der Waals surface area contributed by atoms with Crippen molar-refractivity contribution in [2.45, 2.75) is 56.9 Å². The van der Waals surface area contributed by atoms with Gasteiger partial charge in [-0.15, -0.1) is 11.3 Å². The Morgan fingerprint density at radius 1 is 1.06 bits per heavy atom. The SMILES string of the molecule is COCC1OC(Oc2cc(C(C)C)sc2Cc2ccc(OC)cc2)C(O)C(O)C1OC. The maximum absolute atomic E-state index is 10.6. The molecule has 0 bridgehead atoms. The van der Waals surface area contributed by atoms with Crippen molar-refractivity contribution in [3.8, 4) is 11.5 Å². The second kappa shape index (κ2) is 10.8. The second-order valence-corrected chi connectivity index (χ2v) is 9.08. The molecule has 0 spiro atoms. The van der Waals surface area contributed by atoms with Crippen LogP contribution in [0.5, 0.6) is 11.5 Å². The van der Waals surface area contributed by atoms with E-state index in [2.05, 4.69) is 13.8 Å². The number of hydrogen-bond donors (Lipinski definition) is 2. The van der Waals surface area contributed by atoms with E-state index in [1.165, 1.54) is 12.0 Å². The summed E-state index contributed by atoms with van der Waals surface area (Å²) < 4.78 is 27.8. The molecule has 1 aliphatic rings. The highest BCUT2D eigenvalue weighted by Gasteiger charge is 2.46. The highest BCUT2D eigenvalue weighted by molar-refractivity contribution is 7.12. The smallest absolute Gasteiger partial charge is 0.229 e. The predicted octanol–water partition coefficient (Wildman–Crippen LogP) is 2.96. The Labute approximate surface area is 187 Å². The van der Waals surface area contributed by atoms with Crippen LogP contribution in [0.2, 0.25) is 0 Å². The van der Waals surface area contributed by atoms with E-state index in [1.807, 2.05) is 30.3 Å². The van der Waals surface area contributed by atoms with Crippen molar-refractivity contribution in [2.75, 3.05) is 27.9 Å². The monoisotopic (exact) mass is 452 g/mol. The van der Waals surface area contributed by atoms with Gasteiger partial charge in [-0.25, -0.2) is 0 Å². The van der Waals surface area contributed by atoms with E-state index in [0.717, 1.165) is 16.2 Å². The Hall–Kier alpha value is -1.68. The number of thiophene rings is 1. The Kier molecular flexibility index (Phi) is 8.32. The van der Waals surface area contributed by atoms with Gasteiger partial charge < -0.3 is 33.9 Å². The maximum atomic E-state index is 10.6. The van der Waals surface area contributed by atoms with Gasteiger partial charge in [0.25, 0.3) is 0 Å². The van der Waals surface area contributed by atoms with Gasteiger partial charge in [-0.3, -0.25) is 0 Å². The highest BCUT2D eigenvalue weighted by atomic mass is 32.1. The zero-order valence-corrected chi connectivity index (χ0v) is 19.4. The first kappa shape index (κ1) is 24.0. The number of rotatable bonds is 9. The number of ether oxygens (including phenoxy) is 5. The molecular weight excluding hydrogens is 420 g/mol. The average Bonchev–Trinajstić information content (AvgIpc) is 3.15. The number of aliphatic hydroxyl groups excluding tert-OH is 2. The van der Waals surface area contributed by atoms with Gasteiger partial charge in [-0.05, 0) is 29.7 Å². The summed E-state index contributed by atoms with van der Waals surface area (Å²) in [7, 11) is 4.66. The molecule has 172 valence electrons. The summed E-state index contributed by atoms with van der Waals surface area (Å²) in [5.41, 5.74) is 1.12. The van der Waals surface area contributed by atoms with Crippen molar-refractivity contribution in [1.82, 2.24) is 0 Å². The molecule has 0 aliphatic carbocycles. The van der Waals surface area contributed by atoms with Gasteiger partial charge in [0.05, 0.1) is 18.6 Å². The maximum Gasteiger partial charge on any atom is 0.229 e. The van der Waals surface area contributed by atoms with Gasteiger partial charge >= 0.3 is 0 Å². The zero-order valence-electron chi connectivity index (χ0n) is 18.6. The molecule has 1 aliphatic heterocycles. The molecule has 1 fully saturated rings. The number of methoxy groups -OCH3 is 3. The Morgan fingerprint density at radius 3 is 2.35 bits per heavy atom. The molecule has 31 heavy (non-hydrogen) atoms. The minimum Gasteiger partial charge on any atom is -0.497 e. The van der Waals surface area contributed by atoms with Crippen LogP contribution < -0.4 is 9.47 Å². The van der Waals surface area contributed by atoms with Crippen LogP contribution in [-0.4, -0.2) is 68.9 Å². The van der Waals surface area contributed by atoms with Gasteiger partial charge in [0, 0.05) is 25.5 Å². The Bertz CT molecular complexity index is 820. The molecule has 2 aromatic rings. The standard InChI is InChI=1S/C23H32O7S/c1-13(2)18-11-16(19(31-18)10-14-6-8-15(27-4)9-7-14)29-23-21(25)20(24)22(28-5)17(30-23)12-26-3/h6-9,11,13,17,20-25H,10,12H2,1-5H3. The minimum absolute atomic E-state index is 0.210. The lowest BCUT2D eigenvalue weighted by Crippen LogP contribution is -2.60. The van der Waals surface area contributed by atoms with Crippen LogP contribution in [0.15, 0.2) is 30.3 Å². The van der Waals surface area contributed by atoms with Crippen molar-refractivity contribution < 1.29 is 33.9 Å². The second-order valence-electron chi connectivity index (χ2n) is 7.91. The summed E-state index contributed by atoms with van der Waals surface area (Å²) in [4.78, 5) is 2.20. The summed E-state index contributed by atoms with van der Waals surface area (Å²) in [5.74, 6) is 1.78. The van der Waals surface area contributed by atoms with E-state index in [-0.39, 0.29) is 6.61 Å². The van der Waals surface area contributed by atoms with E-state index in [0.29, 0.717) is 18.1 Å². The summed E-state index contributed by atoms with van der Waals surface area (Å²) in [6.45, 7) is 4.46. The average molecular weight is 453 g/mol. The Morgan fingerprint density at radius 2 is 1.77 bits per heavy atom. The van der Waals surface area contributed by atoms with Gasteiger partial charge in [0.15, 0.2) is 0 Å². The van der Waals surface area contributed by atoms with Crippen molar-refractivity contribution in [1.29, 1.82) is 0 Å². The highest BCUT2D eigenvalue weighted by Crippen LogP contribution is 2.37. The lowest BCUT2D eigenvalue weighted by atomic mass is 9.99. The van der Waals surface area contributed by atoms with Gasteiger partial charge in [-0.2, -0.15) is 0 Å². The first-order valence-corrected chi connectivity index (χ1v) is 11.1. The first-order chi connectivity index (χ1) is 14.9. The fraction of sp³-hybridized carbons (Fsp3) is 0.565. The predicted molar refractivity (Wildman–Crippen MR) is 118 cm³/mol. The molecule has 0 radical (unpaired) electrons. The summed E-state index contributed by atoms with van der Waals surface area (Å²) in [6, 6.07) is 9.88. The van der Waals surface area contributed by atoms with Crippen LogP contribution in [0, 0.1) is 0 Å². The third kappa shape index (κ3) is 5.58. The first-order valence-electron chi connectivity index (χ1n) is 10.3. The third-order valence-corrected chi connectivity index (χ3v) is 6.79. The molecule has 0 saturated carbocycles. The Balaban J connectivity index is 1.83. The molecule has 0 amide bonds. The van der Waals surface area contributed by atoms with E-state index in [9.17, 15) is 10.2 Å². The van der Waals surface area contributed by atoms with Crippen LogP contribution in [-0.2, 0) is 20.6 Å². The van der Waals surface area contributed by atoms with E-state index in [4.69, 9.17) is 23.7 Å². The van der Waals surface area contributed by atoms with Crippen LogP contribution in [0.4, 0.5) is 0 Å². The number of benzene rings is 1. The quantitative estimate of drug-likeness (QED) is 0.605. The minimum atomic E-state index is -1.26. The molecule has 1 aromatic carbocycles. The van der Waals surface area contributed by atoms with E-state index in [1.54, 1.807) is 25.6 Å². The molecule has 1 saturated heterocycles. The summed E-state index contributed by atoms with van der Waals surface area (Å²) >= 11 is 1.67. The van der Waals surface area contributed by atoms with Gasteiger partial charge in [-0.1, -0.05) is 26.0 Å². The molecule has 8 heteroatoms. The van der Waals surface area contributed by atoms with E-state index >= 15 is 0 Å². The summed E-state index contributed by atoms with van der Waals surface area (Å²) in [6.07, 6.45) is -4.05. The normalized spacial score (nSPS) is 26.3. The molecule has 5 unspecified atom stereocenters. The molecule has 2 N–H and O–H groups in total. The summed E-state index contributed by atoms with van der Waals surface area (Å²) in [5, 5.41) is 21.1. The topological polar surface area (TPSA) is 86.6 Å². The number of aliphatic hydroxyl groups is 2. The van der Waals surface area contributed by atoms with Crippen molar-refractivity contribution in [2.24, 2.45) is 0 Å². The molecule has 2 heterocycles. The lowest BCUT2D eigenvalue weighted by Gasteiger charge is -2.41. The van der Waals surface area contributed by atoms with Crippen LogP contribution in [0.25, 0.3) is 0 Å². The largest absolute Gasteiger partial charge is 0.497 e. The van der Waals surface area contributed by atoms with Crippen LogP contribution in [0.1, 0.15) is 35.1 Å². The number of hydrogen-bond acceptors (Lipinski definition) is 8. The molecule has 1 aromatic heterocycles.